The van der Waals surface area contributed by atoms with Crippen LogP contribution in [0.15, 0.2) is 103 Å². The summed E-state index contributed by atoms with van der Waals surface area (Å²) in [7, 11) is 0. The topological polar surface area (TPSA) is 52.6 Å². The van der Waals surface area contributed by atoms with E-state index >= 15 is 0 Å². The first kappa shape index (κ1) is 25.1. The van der Waals surface area contributed by atoms with Crippen molar-refractivity contribution >= 4 is 34.5 Å². The number of amides is 1. The maximum absolute atomic E-state index is 14.1. The largest absolute Gasteiger partial charge is 0.337 e. The molecule has 0 aliphatic heterocycles. The number of fused-ring (bicyclic) bond motifs is 1. The molecule has 0 saturated carbocycles. The van der Waals surface area contributed by atoms with Crippen molar-refractivity contribution in [1.29, 1.82) is 0 Å². The maximum Gasteiger partial charge on any atom is 0.247 e. The lowest BCUT2D eigenvalue weighted by atomic mass is 10.0. The minimum Gasteiger partial charge on any atom is -0.337 e. The van der Waals surface area contributed by atoms with Crippen LogP contribution in [0, 0.1) is 11.6 Å². The molecule has 0 spiro atoms. The smallest absolute Gasteiger partial charge is 0.247 e. The molecule has 1 aliphatic carbocycles. The molecule has 38 heavy (non-hydrogen) atoms. The Morgan fingerprint density at radius 1 is 0.842 bits per heavy atom. The molecule has 5 rings (SSSR count). The van der Waals surface area contributed by atoms with Crippen molar-refractivity contribution in [3.63, 3.8) is 0 Å². The first-order valence-electron chi connectivity index (χ1n) is 12.2. The summed E-state index contributed by atoms with van der Waals surface area (Å²) in [6.45, 7) is 2.51. The number of rotatable bonds is 7. The fraction of sp³-hybridized carbons (Fsp3) is 0.0938. The average Bonchev–Trinajstić information content (AvgIpc) is 3.18. The van der Waals surface area contributed by atoms with Gasteiger partial charge in [-0.05, 0) is 101 Å². The number of hydrogen-bond donors (Lipinski definition) is 2. The van der Waals surface area contributed by atoms with Gasteiger partial charge in [0, 0.05) is 17.9 Å². The van der Waals surface area contributed by atoms with E-state index in [2.05, 4.69) is 17.0 Å². The molecule has 6 heteroatoms. The van der Waals surface area contributed by atoms with Crippen LogP contribution >= 0.6 is 0 Å². The Bertz CT molecular complexity index is 1530. The van der Waals surface area contributed by atoms with E-state index in [4.69, 9.17) is 5.21 Å². The number of carbonyl (C=O) groups excluding carboxylic acids is 1. The van der Waals surface area contributed by atoms with Crippen molar-refractivity contribution in [1.82, 2.24) is 5.48 Å². The van der Waals surface area contributed by atoms with Crippen molar-refractivity contribution in [2.75, 3.05) is 4.90 Å². The van der Waals surface area contributed by atoms with Crippen molar-refractivity contribution in [2.45, 2.75) is 19.9 Å². The van der Waals surface area contributed by atoms with Gasteiger partial charge in [-0.15, -0.1) is 0 Å². The van der Waals surface area contributed by atoms with Gasteiger partial charge in [-0.3, -0.25) is 10.0 Å². The molecular weight excluding hydrogens is 482 g/mol. The third-order valence-corrected chi connectivity index (χ3v) is 6.75. The van der Waals surface area contributed by atoms with E-state index in [0.717, 1.165) is 39.2 Å². The highest BCUT2D eigenvalue weighted by atomic mass is 19.1. The van der Waals surface area contributed by atoms with Crippen LogP contribution < -0.4 is 10.4 Å². The van der Waals surface area contributed by atoms with Crippen LogP contribution in [-0.2, 0) is 11.3 Å². The summed E-state index contributed by atoms with van der Waals surface area (Å²) < 4.78 is 27.7. The van der Waals surface area contributed by atoms with Crippen molar-refractivity contribution < 1.29 is 18.8 Å². The highest BCUT2D eigenvalue weighted by Gasteiger charge is 2.25. The number of carbonyl (C=O) groups is 1. The lowest BCUT2D eigenvalue weighted by Crippen LogP contribution is -2.18. The van der Waals surface area contributed by atoms with Crippen LogP contribution in [0.2, 0.25) is 0 Å². The van der Waals surface area contributed by atoms with Gasteiger partial charge in [0.15, 0.2) is 0 Å². The van der Waals surface area contributed by atoms with Gasteiger partial charge < -0.3 is 4.90 Å². The summed E-state index contributed by atoms with van der Waals surface area (Å²) in [6.07, 6.45) is 1.96. The summed E-state index contributed by atoms with van der Waals surface area (Å²) in [6, 6.07) is 29.1. The van der Waals surface area contributed by atoms with Crippen LogP contribution in [-0.4, -0.2) is 11.1 Å². The second-order valence-corrected chi connectivity index (χ2v) is 9.20. The third-order valence-electron chi connectivity index (χ3n) is 6.75. The zero-order chi connectivity index (χ0) is 26.6. The summed E-state index contributed by atoms with van der Waals surface area (Å²) in [4.78, 5) is 14.0. The van der Waals surface area contributed by atoms with Crippen molar-refractivity contribution in [2.24, 2.45) is 0 Å². The summed E-state index contributed by atoms with van der Waals surface area (Å²) in [5, 5.41) is 9.01. The molecule has 1 amide bonds. The number of anilines is 2. The molecule has 4 aromatic carbocycles. The fourth-order valence-corrected chi connectivity index (χ4v) is 4.82. The van der Waals surface area contributed by atoms with E-state index in [0.29, 0.717) is 17.7 Å². The number of benzene rings is 4. The van der Waals surface area contributed by atoms with Gasteiger partial charge in [-0.2, -0.15) is 0 Å². The van der Waals surface area contributed by atoms with E-state index < -0.39 is 5.91 Å². The van der Waals surface area contributed by atoms with Crippen molar-refractivity contribution in [3.05, 3.63) is 137 Å². The van der Waals surface area contributed by atoms with Crippen LogP contribution in [0.4, 0.5) is 20.2 Å². The number of hydrogen-bond acceptors (Lipinski definition) is 3. The molecule has 190 valence electrons. The van der Waals surface area contributed by atoms with Crippen LogP contribution in [0.25, 0.3) is 17.2 Å². The lowest BCUT2D eigenvalue weighted by molar-refractivity contribution is -0.128. The van der Waals surface area contributed by atoms with Gasteiger partial charge in [0.25, 0.3) is 0 Å². The number of allylic oxidation sites excluding steroid dienone is 2. The van der Waals surface area contributed by atoms with E-state index in [1.54, 1.807) is 23.7 Å². The Hall–Kier alpha value is -4.55. The minimum atomic E-state index is -0.556. The monoisotopic (exact) mass is 508 g/mol. The standard InChI is InChI=1S/C32H26F2N2O2/c1-21-29(28-16-11-25(34)18-31(28)30(21)19-32(37)35-38)17-22-7-12-26(13-8-22)36(20-23-5-3-2-4-6-23)27-14-9-24(33)10-15-27/h2-18,38H,19-20H2,1H3,(H,35,37)/b29-17-. The molecule has 0 fully saturated rings. The molecule has 4 aromatic rings. The van der Waals surface area contributed by atoms with E-state index in [1.807, 2.05) is 55.5 Å². The molecule has 0 saturated heterocycles. The van der Waals surface area contributed by atoms with Crippen LogP contribution in [0.1, 0.15) is 35.6 Å². The first-order valence-corrected chi connectivity index (χ1v) is 12.2. The number of nitrogens with zero attached hydrogens (tertiary/aromatic N) is 1. The molecule has 0 heterocycles. The molecule has 4 nitrogen and oxygen atoms in total. The Balaban J connectivity index is 1.50. The Labute approximate surface area is 220 Å². The van der Waals surface area contributed by atoms with Gasteiger partial charge in [0.1, 0.15) is 11.6 Å². The van der Waals surface area contributed by atoms with E-state index in [-0.39, 0.29) is 18.1 Å². The summed E-state index contributed by atoms with van der Waals surface area (Å²) >= 11 is 0. The molecule has 0 radical (unpaired) electrons. The lowest BCUT2D eigenvalue weighted by Gasteiger charge is -2.25. The molecule has 0 aromatic heterocycles. The molecule has 0 bridgehead atoms. The molecule has 0 unspecified atom stereocenters. The molecule has 1 aliphatic rings. The fourth-order valence-electron chi connectivity index (χ4n) is 4.82. The summed E-state index contributed by atoms with van der Waals surface area (Å²) in [5.41, 5.74) is 9.47. The van der Waals surface area contributed by atoms with Crippen LogP contribution in [0.5, 0.6) is 0 Å². The van der Waals surface area contributed by atoms with Crippen molar-refractivity contribution in [3.8, 4) is 0 Å². The minimum absolute atomic E-state index is 0.0544. The number of nitrogens with one attached hydrogen (secondary N) is 1. The Morgan fingerprint density at radius 3 is 2.13 bits per heavy atom. The quantitative estimate of drug-likeness (QED) is 0.200. The van der Waals surface area contributed by atoms with E-state index in [9.17, 15) is 13.6 Å². The van der Waals surface area contributed by atoms with Crippen LogP contribution in [0.3, 0.4) is 0 Å². The van der Waals surface area contributed by atoms with Gasteiger partial charge >= 0.3 is 0 Å². The second-order valence-electron chi connectivity index (χ2n) is 9.20. The predicted molar refractivity (Wildman–Crippen MR) is 147 cm³/mol. The van der Waals surface area contributed by atoms with Gasteiger partial charge in [-0.25, -0.2) is 14.3 Å². The summed E-state index contributed by atoms with van der Waals surface area (Å²) in [5.74, 6) is -1.23. The Morgan fingerprint density at radius 2 is 1.47 bits per heavy atom. The molecule has 2 N–H and O–H groups in total. The normalized spacial score (nSPS) is 13.5. The predicted octanol–water partition coefficient (Wildman–Crippen LogP) is 7.53. The van der Waals surface area contributed by atoms with E-state index in [1.165, 1.54) is 24.3 Å². The maximum atomic E-state index is 14.1. The highest BCUT2D eigenvalue weighted by Crippen LogP contribution is 2.44. The molecular formula is C32H26F2N2O2. The first-order chi connectivity index (χ1) is 18.4. The van der Waals surface area contributed by atoms with Gasteiger partial charge in [0.05, 0.1) is 6.42 Å². The zero-order valence-corrected chi connectivity index (χ0v) is 20.8. The van der Waals surface area contributed by atoms with Gasteiger partial charge in [-0.1, -0.05) is 48.5 Å². The second kappa shape index (κ2) is 10.8. The molecule has 0 atom stereocenters. The Kier molecular flexibility index (Phi) is 7.15. The third kappa shape index (κ3) is 5.26. The number of halogens is 2. The SMILES string of the molecule is CC1=C(CC(=O)NO)c2cc(F)ccc2/C1=C\c1ccc(N(Cc2ccccc2)c2ccc(F)cc2)cc1. The highest BCUT2D eigenvalue weighted by molar-refractivity contribution is 6.08. The number of hydroxylamine groups is 1. The van der Waals surface area contributed by atoms with Gasteiger partial charge in [0.2, 0.25) is 5.91 Å². The zero-order valence-electron chi connectivity index (χ0n) is 20.8. The average molecular weight is 509 g/mol.